The van der Waals surface area contributed by atoms with Gasteiger partial charge in [0.25, 0.3) is 10.0 Å². The Bertz CT molecular complexity index is 1620. The highest BCUT2D eigenvalue weighted by Gasteiger charge is 2.23. The molecule has 0 radical (unpaired) electrons. The molecule has 5 aromatic rings. The minimum atomic E-state index is -3.86. The lowest BCUT2D eigenvalue weighted by atomic mass is 10.1. The van der Waals surface area contributed by atoms with E-state index >= 15 is 0 Å². The van der Waals surface area contributed by atoms with Crippen LogP contribution in [0.5, 0.6) is 5.75 Å². The van der Waals surface area contributed by atoms with Crippen LogP contribution >= 0.6 is 23.1 Å². The smallest absolute Gasteiger partial charge is 0.262 e. The Morgan fingerprint density at radius 2 is 1.56 bits per heavy atom. The third-order valence-corrected chi connectivity index (χ3v) is 9.37. The summed E-state index contributed by atoms with van der Waals surface area (Å²) < 4.78 is 31.6. The van der Waals surface area contributed by atoms with Crippen LogP contribution in [-0.2, 0) is 10.0 Å². The maximum Gasteiger partial charge on any atom is 0.262 e. The van der Waals surface area contributed by atoms with Gasteiger partial charge >= 0.3 is 0 Å². The van der Waals surface area contributed by atoms with E-state index in [-0.39, 0.29) is 10.6 Å². The van der Waals surface area contributed by atoms with Gasteiger partial charge in [0.15, 0.2) is 4.34 Å². The van der Waals surface area contributed by atoms with E-state index in [2.05, 4.69) is 9.71 Å². The number of para-hydroxylation sites is 1. The Morgan fingerprint density at radius 3 is 2.26 bits per heavy atom. The lowest BCUT2D eigenvalue weighted by Crippen LogP contribution is -2.16. The predicted octanol–water partition coefficient (Wildman–Crippen LogP) is 7.03. The van der Waals surface area contributed by atoms with Crippen molar-refractivity contribution in [2.45, 2.75) is 34.9 Å². The number of phenols is 1. The maximum atomic E-state index is 13.5. The number of aromatic hydroxyl groups is 1. The van der Waals surface area contributed by atoms with E-state index in [1.54, 1.807) is 32.0 Å². The van der Waals surface area contributed by atoms with E-state index < -0.39 is 10.0 Å². The van der Waals surface area contributed by atoms with Crippen molar-refractivity contribution >= 4 is 59.8 Å². The number of fused-ring (bicyclic) bond motifs is 2. The number of nitrogens with one attached hydrogen (secondary N) is 1. The first-order valence-electron chi connectivity index (χ1n) is 10.6. The number of thiazole rings is 1. The molecule has 1 heterocycles. The Hall–Kier alpha value is -3.07. The molecule has 0 fully saturated rings. The van der Waals surface area contributed by atoms with Gasteiger partial charge in [-0.05, 0) is 50.1 Å². The molecular weight excluding hydrogens is 484 g/mol. The first-order chi connectivity index (χ1) is 16.2. The van der Waals surface area contributed by atoms with Crippen molar-refractivity contribution in [3.8, 4) is 5.75 Å². The van der Waals surface area contributed by atoms with Crippen molar-refractivity contribution in [3.63, 3.8) is 0 Å². The lowest BCUT2D eigenvalue weighted by molar-refractivity contribution is 0.469. The second-order valence-corrected chi connectivity index (χ2v) is 12.1. The molecule has 1 aromatic heterocycles. The fraction of sp³-hybridized carbons (Fsp3) is 0.115. The summed E-state index contributed by atoms with van der Waals surface area (Å²) in [7, 11) is -3.86. The van der Waals surface area contributed by atoms with Crippen molar-refractivity contribution in [1.29, 1.82) is 0 Å². The quantitative estimate of drug-likeness (QED) is 0.250. The van der Waals surface area contributed by atoms with E-state index in [4.69, 9.17) is 0 Å². The molecule has 4 aromatic carbocycles. The zero-order chi connectivity index (χ0) is 24.0. The molecule has 0 aliphatic carbocycles. The molecule has 0 unspecified atom stereocenters. The Morgan fingerprint density at radius 1 is 0.912 bits per heavy atom. The van der Waals surface area contributed by atoms with Gasteiger partial charge in [0.05, 0.1) is 25.7 Å². The summed E-state index contributed by atoms with van der Waals surface area (Å²) in [5.74, 6) is 0.102. The highest BCUT2D eigenvalue weighted by molar-refractivity contribution is 8.01. The molecule has 0 atom stereocenters. The summed E-state index contributed by atoms with van der Waals surface area (Å²) in [6.07, 6.45) is 0. The average molecular weight is 507 g/mol. The van der Waals surface area contributed by atoms with Crippen LogP contribution in [0.2, 0.25) is 0 Å². The second-order valence-electron chi connectivity index (χ2n) is 8.20. The van der Waals surface area contributed by atoms with Gasteiger partial charge in [-0.3, -0.25) is 4.72 Å². The molecule has 0 bridgehead atoms. The first kappa shape index (κ1) is 22.7. The molecule has 0 saturated heterocycles. The Balaban J connectivity index is 1.62. The molecule has 0 saturated carbocycles. The summed E-state index contributed by atoms with van der Waals surface area (Å²) in [6, 6.07) is 20.5. The van der Waals surface area contributed by atoms with Gasteiger partial charge < -0.3 is 5.11 Å². The maximum absolute atomic E-state index is 13.5. The van der Waals surface area contributed by atoms with E-state index in [1.165, 1.54) is 23.1 Å². The van der Waals surface area contributed by atoms with Gasteiger partial charge in [0, 0.05) is 10.8 Å². The van der Waals surface area contributed by atoms with Crippen molar-refractivity contribution < 1.29 is 13.5 Å². The van der Waals surface area contributed by atoms with Gasteiger partial charge in [-0.15, -0.1) is 11.3 Å². The highest BCUT2D eigenvalue weighted by Crippen LogP contribution is 2.44. The van der Waals surface area contributed by atoms with Crippen LogP contribution in [-0.4, -0.2) is 18.5 Å². The second kappa shape index (κ2) is 8.61. The minimum absolute atomic E-state index is 0.102. The number of rotatable bonds is 5. The number of hydrogen-bond acceptors (Lipinski definition) is 6. The number of phenolic OH excluding ortho intramolecular Hbond substituents is 1. The molecule has 172 valence electrons. The minimum Gasteiger partial charge on any atom is -0.506 e. The van der Waals surface area contributed by atoms with Crippen LogP contribution in [0, 0.1) is 20.8 Å². The summed E-state index contributed by atoms with van der Waals surface area (Å²) in [5.41, 5.74) is 3.70. The molecule has 0 spiro atoms. The number of hydrogen-bond donors (Lipinski definition) is 2. The summed E-state index contributed by atoms with van der Waals surface area (Å²) >= 11 is 2.85. The fourth-order valence-electron chi connectivity index (χ4n) is 4.27. The molecule has 0 amide bonds. The average Bonchev–Trinajstić information content (AvgIpc) is 3.18. The van der Waals surface area contributed by atoms with Gasteiger partial charge in [-0.2, -0.15) is 0 Å². The molecule has 5 nitrogen and oxygen atoms in total. The van der Waals surface area contributed by atoms with Crippen LogP contribution in [0.15, 0.2) is 80.9 Å². The molecular formula is C26H22N2O3S3. The SMILES string of the molecule is Cc1cc(C)c(S(=O)(=O)Nc2cc(Sc3nc4ccccc4s3)c(O)c3ccccc23)c(C)c1. The van der Waals surface area contributed by atoms with E-state index in [0.717, 1.165) is 20.1 Å². The molecule has 0 aliphatic rings. The van der Waals surface area contributed by atoms with Crippen molar-refractivity contribution in [3.05, 3.63) is 83.4 Å². The topological polar surface area (TPSA) is 79.3 Å². The van der Waals surface area contributed by atoms with Crippen LogP contribution < -0.4 is 4.72 Å². The van der Waals surface area contributed by atoms with Crippen molar-refractivity contribution in [2.75, 3.05) is 4.72 Å². The number of anilines is 1. The number of benzene rings is 4. The fourth-order valence-corrected chi connectivity index (χ4v) is 7.92. The zero-order valence-corrected chi connectivity index (χ0v) is 21.2. The third kappa shape index (κ3) is 4.13. The summed E-state index contributed by atoms with van der Waals surface area (Å²) in [6.45, 7) is 5.55. The van der Waals surface area contributed by atoms with Gasteiger partial charge in [0.1, 0.15) is 5.75 Å². The summed E-state index contributed by atoms with van der Waals surface area (Å²) in [4.78, 5) is 5.45. The highest BCUT2D eigenvalue weighted by atomic mass is 32.2. The van der Waals surface area contributed by atoms with Gasteiger partial charge in [0.2, 0.25) is 0 Å². The van der Waals surface area contributed by atoms with Gasteiger partial charge in [-0.1, -0.05) is 65.9 Å². The Kier molecular flexibility index (Phi) is 5.75. The summed E-state index contributed by atoms with van der Waals surface area (Å²) in [5, 5.41) is 12.2. The molecule has 5 rings (SSSR count). The van der Waals surface area contributed by atoms with Crippen LogP contribution in [0.1, 0.15) is 16.7 Å². The van der Waals surface area contributed by atoms with Crippen molar-refractivity contribution in [1.82, 2.24) is 4.98 Å². The largest absolute Gasteiger partial charge is 0.506 e. The van der Waals surface area contributed by atoms with Crippen molar-refractivity contribution in [2.24, 2.45) is 0 Å². The van der Waals surface area contributed by atoms with Crippen LogP contribution in [0.4, 0.5) is 5.69 Å². The third-order valence-electron chi connectivity index (χ3n) is 5.57. The van der Waals surface area contributed by atoms with Crippen LogP contribution in [0.25, 0.3) is 21.0 Å². The number of sulfonamides is 1. The predicted molar refractivity (Wildman–Crippen MR) is 141 cm³/mol. The first-order valence-corrected chi connectivity index (χ1v) is 13.7. The molecule has 8 heteroatoms. The van der Waals surface area contributed by atoms with Crippen LogP contribution in [0.3, 0.4) is 0 Å². The normalized spacial score (nSPS) is 11.9. The molecule has 34 heavy (non-hydrogen) atoms. The Labute approximate surface area is 206 Å². The van der Waals surface area contributed by atoms with E-state index in [9.17, 15) is 13.5 Å². The monoisotopic (exact) mass is 506 g/mol. The lowest BCUT2D eigenvalue weighted by Gasteiger charge is -2.17. The zero-order valence-electron chi connectivity index (χ0n) is 18.8. The van der Waals surface area contributed by atoms with E-state index in [1.807, 2.05) is 55.5 Å². The van der Waals surface area contributed by atoms with Gasteiger partial charge in [-0.25, -0.2) is 13.4 Å². The molecule has 2 N–H and O–H groups in total. The number of aryl methyl sites for hydroxylation is 3. The number of nitrogens with zero attached hydrogens (tertiary/aromatic N) is 1. The standard InChI is InChI=1S/C26H22N2O3S3/c1-15-12-16(2)25(17(3)13-15)34(30,31)28-21-14-23(24(29)19-9-5-4-8-18(19)21)33-26-27-20-10-6-7-11-22(20)32-26/h4-14,28-29H,1-3H3. The molecule has 0 aliphatic heterocycles. The number of aromatic nitrogens is 1. The van der Waals surface area contributed by atoms with E-state index in [0.29, 0.717) is 32.5 Å².